The van der Waals surface area contributed by atoms with Crippen molar-refractivity contribution in [2.24, 2.45) is 0 Å². The smallest absolute Gasteiger partial charge is 0.0670 e. The summed E-state index contributed by atoms with van der Waals surface area (Å²) in [4.78, 5) is 5.06. The normalized spacial score (nSPS) is 18.2. The van der Waals surface area contributed by atoms with Crippen molar-refractivity contribution in [2.75, 3.05) is 31.1 Å². The number of nitrogens with zero attached hydrogens (tertiary/aromatic N) is 2. The molecule has 0 amide bonds. The largest absolute Gasteiger partial charge is 0.361 e. The molecular weight excluding hydrogens is 423 g/mol. The van der Waals surface area contributed by atoms with Crippen molar-refractivity contribution in [3.63, 3.8) is 0 Å². The Morgan fingerprint density at radius 2 is 1.68 bits per heavy atom. The molecule has 2 unspecified atom stereocenters. The Morgan fingerprint density at radius 3 is 2.39 bits per heavy atom. The van der Waals surface area contributed by atoms with Gasteiger partial charge in [-0.1, -0.05) is 78.7 Å². The van der Waals surface area contributed by atoms with Gasteiger partial charge < -0.3 is 4.90 Å². The van der Waals surface area contributed by atoms with Crippen molar-refractivity contribution < 1.29 is 0 Å². The molecule has 0 aliphatic carbocycles. The first kappa shape index (κ1) is 22.2. The van der Waals surface area contributed by atoms with Crippen molar-refractivity contribution in [2.45, 2.75) is 32.2 Å². The quantitative estimate of drug-likeness (QED) is 0.385. The lowest BCUT2D eigenvalue weighted by atomic mass is 9.96. The molecule has 0 N–H and O–H groups in total. The fourth-order valence-corrected chi connectivity index (χ4v) is 4.94. The first-order valence-electron chi connectivity index (χ1n) is 11.1. The molecule has 0 radical (unpaired) electrons. The zero-order valence-electron chi connectivity index (χ0n) is 18.3. The monoisotopic (exact) mass is 452 g/mol. The van der Waals surface area contributed by atoms with Gasteiger partial charge in [-0.3, -0.25) is 4.90 Å². The highest BCUT2D eigenvalue weighted by Crippen LogP contribution is 2.36. The van der Waals surface area contributed by atoms with Crippen molar-refractivity contribution in [1.82, 2.24) is 4.90 Å². The average Bonchev–Trinajstić information content (AvgIpc) is 2.79. The van der Waals surface area contributed by atoms with E-state index in [2.05, 4.69) is 84.3 Å². The second-order valence-electron chi connectivity index (χ2n) is 8.62. The lowest BCUT2D eigenvalue weighted by Crippen LogP contribution is -2.49. The van der Waals surface area contributed by atoms with Gasteiger partial charge in [0.1, 0.15) is 0 Å². The van der Waals surface area contributed by atoms with E-state index in [1.807, 2.05) is 12.1 Å². The van der Waals surface area contributed by atoms with Crippen LogP contribution in [0.3, 0.4) is 0 Å². The third-order valence-corrected chi connectivity index (χ3v) is 6.93. The third kappa shape index (κ3) is 5.44. The van der Waals surface area contributed by atoms with Crippen LogP contribution in [-0.4, -0.2) is 31.1 Å². The Balaban J connectivity index is 1.52. The Bertz CT molecular complexity index is 988. The molecule has 0 saturated carbocycles. The van der Waals surface area contributed by atoms with Crippen LogP contribution in [0.2, 0.25) is 10.0 Å². The topological polar surface area (TPSA) is 6.48 Å². The van der Waals surface area contributed by atoms with Gasteiger partial charge >= 0.3 is 0 Å². The molecule has 0 aromatic heterocycles. The van der Waals surface area contributed by atoms with Crippen LogP contribution in [0.1, 0.15) is 42.0 Å². The highest BCUT2D eigenvalue weighted by atomic mass is 35.5. The zero-order chi connectivity index (χ0) is 21.8. The van der Waals surface area contributed by atoms with E-state index >= 15 is 0 Å². The summed E-state index contributed by atoms with van der Waals surface area (Å²) >= 11 is 12.8. The van der Waals surface area contributed by atoms with Crippen molar-refractivity contribution in [1.29, 1.82) is 0 Å². The minimum atomic E-state index is 0.248. The Labute approximate surface area is 196 Å². The number of benzene rings is 3. The summed E-state index contributed by atoms with van der Waals surface area (Å²) < 4.78 is 0. The standard InChI is InChI=1S/C27H30Cl2N2/c1-20-8-13-26(25(29)18-20)31-17-16-30(15-14-21(2)22-6-4-3-5-7-22)19-27(31)23-9-11-24(28)12-10-23/h3-13,18,21,27H,14-17,19H2,1-2H3. The molecule has 4 heteroatoms. The number of hydrogen-bond donors (Lipinski definition) is 0. The first-order chi connectivity index (χ1) is 15.0. The van der Waals surface area contributed by atoms with Crippen molar-refractivity contribution in [3.05, 3.63) is 99.5 Å². The summed E-state index contributed by atoms with van der Waals surface area (Å²) in [5.41, 5.74) is 5.00. The molecule has 1 aliphatic rings. The number of halogens is 2. The number of rotatable bonds is 6. The number of piperazine rings is 1. The second kappa shape index (κ2) is 10.1. The summed E-state index contributed by atoms with van der Waals surface area (Å²) in [6, 6.07) is 25.7. The van der Waals surface area contributed by atoms with Gasteiger partial charge in [0.15, 0.2) is 0 Å². The maximum Gasteiger partial charge on any atom is 0.0670 e. The van der Waals surface area contributed by atoms with Crippen LogP contribution in [0.4, 0.5) is 5.69 Å². The van der Waals surface area contributed by atoms with Gasteiger partial charge in [0.25, 0.3) is 0 Å². The summed E-state index contributed by atoms with van der Waals surface area (Å²) in [7, 11) is 0. The van der Waals surface area contributed by atoms with Gasteiger partial charge in [0, 0.05) is 24.7 Å². The van der Waals surface area contributed by atoms with E-state index in [1.165, 1.54) is 16.7 Å². The fraction of sp³-hybridized carbons (Fsp3) is 0.333. The van der Waals surface area contributed by atoms with Crippen LogP contribution in [0.5, 0.6) is 0 Å². The Hall–Kier alpha value is -2.00. The van der Waals surface area contributed by atoms with Crippen LogP contribution in [0.25, 0.3) is 0 Å². The van der Waals surface area contributed by atoms with Crippen molar-refractivity contribution >= 4 is 28.9 Å². The molecule has 1 fully saturated rings. The lowest BCUT2D eigenvalue weighted by molar-refractivity contribution is 0.217. The van der Waals surface area contributed by atoms with Crippen LogP contribution >= 0.6 is 23.2 Å². The summed E-state index contributed by atoms with van der Waals surface area (Å²) in [6.45, 7) is 8.47. The predicted molar refractivity (Wildman–Crippen MR) is 134 cm³/mol. The Morgan fingerprint density at radius 1 is 0.935 bits per heavy atom. The molecule has 3 aromatic rings. The average molecular weight is 453 g/mol. The summed E-state index contributed by atoms with van der Waals surface area (Å²) in [5, 5.41) is 1.60. The second-order valence-corrected chi connectivity index (χ2v) is 9.46. The Kier molecular flexibility index (Phi) is 7.22. The van der Waals surface area contributed by atoms with Gasteiger partial charge in [-0.05, 0) is 66.8 Å². The molecule has 1 heterocycles. The van der Waals surface area contributed by atoms with Gasteiger partial charge in [0.05, 0.1) is 16.8 Å². The van der Waals surface area contributed by atoms with E-state index in [-0.39, 0.29) is 6.04 Å². The van der Waals surface area contributed by atoms with E-state index in [0.717, 1.165) is 48.3 Å². The molecule has 162 valence electrons. The van der Waals surface area contributed by atoms with E-state index < -0.39 is 0 Å². The number of hydrogen-bond acceptors (Lipinski definition) is 2. The van der Waals surface area contributed by atoms with Crippen LogP contribution in [0.15, 0.2) is 72.8 Å². The fourth-order valence-electron chi connectivity index (χ4n) is 4.47. The van der Waals surface area contributed by atoms with E-state index in [4.69, 9.17) is 23.2 Å². The maximum atomic E-state index is 6.67. The molecule has 2 nitrogen and oxygen atoms in total. The van der Waals surface area contributed by atoms with Crippen LogP contribution < -0.4 is 4.90 Å². The maximum absolute atomic E-state index is 6.67. The van der Waals surface area contributed by atoms with Gasteiger partial charge in [-0.2, -0.15) is 0 Å². The zero-order valence-corrected chi connectivity index (χ0v) is 19.8. The number of aryl methyl sites for hydroxylation is 1. The lowest BCUT2D eigenvalue weighted by Gasteiger charge is -2.43. The minimum absolute atomic E-state index is 0.248. The molecular formula is C27H30Cl2N2. The summed E-state index contributed by atoms with van der Waals surface area (Å²) in [5.74, 6) is 0.555. The molecule has 31 heavy (non-hydrogen) atoms. The molecule has 0 bridgehead atoms. The third-order valence-electron chi connectivity index (χ3n) is 6.38. The molecule has 4 rings (SSSR count). The SMILES string of the molecule is Cc1ccc(N2CCN(CCC(C)c3ccccc3)CC2c2ccc(Cl)cc2)c(Cl)c1. The number of anilines is 1. The van der Waals surface area contributed by atoms with Crippen molar-refractivity contribution in [3.8, 4) is 0 Å². The minimum Gasteiger partial charge on any atom is -0.361 e. The van der Waals surface area contributed by atoms with E-state index in [0.29, 0.717) is 5.92 Å². The van der Waals surface area contributed by atoms with Gasteiger partial charge in [-0.15, -0.1) is 0 Å². The highest BCUT2D eigenvalue weighted by Gasteiger charge is 2.29. The van der Waals surface area contributed by atoms with Gasteiger partial charge in [-0.25, -0.2) is 0 Å². The molecule has 1 saturated heterocycles. The molecule has 0 spiro atoms. The molecule has 3 aromatic carbocycles. The first-order valence-corrected chi connectivity index (χ1v) is 11.8. The predicted octanol–water partition coefficient (Wildman–Crippen LogP) is 7.36. The molecule has 1 aliphatic heterocycles. The van der Waals surface area contributed by atoms with Crippen LogP contribution in [-0.2, 0) is 0 Å². The highest BCUT2D eigenvalue weighted by molar-refractivity contribution is 6.33. The van der Waals surface area contributed by atoms with Gasteiger partial charge in [0.2, 0.25) is 0 Å². The summed E-state index contributed by atoms with van der Waals surface area (Å²) in [6.07, 6.45) is 1.16. The molecule has 2 atom stereocenters. The van der Waals surface area contributed by atoms with Crippen LogP contribution in [0, 0.1) is 6.92 Å². The van der Waals surface area contributed by atoms with E-state index in [1.54, 1.807) is 0 Å². The van der Waals surface area contributed by atoms with E-state index in [9.17, 15) is 0 Å².